The lowest BCUT2D eigenvalue weighted by molar-refractivity contribution is 0.251. The summed E-state index contributed by atoms with van der Waals surface area (Å²) in [6, 6.07) is 20.0. The molecular formula is C28H30Cl2FN3O. The largest absolute Gasteiger partial charge is 0.337 e. The summed E-state index contributed by atoms with van der Waals surface area (Å²) in [6.07, 6.45) is 5.92. The molecule has 1 saturated carbocycles. The van der Waals surface area contributed by atoms with E-state index in [0.717, 1.165) is 29.7 Å². The topological polar surface area (TPSA) is 53.2 Å². The Morgan fingerprint density at radius 1 is 0.943 bits per heavy atom. The summed E-state index contributed by atoms with van der Waals surface area (Å²) in [6.45, 7) is 1.35. The van der Waals surface area contributed by atoms with Crippen molar-refractivity contribution in [2.45, 2.75) is 44.1 Å². The zero-order valence-electron chi connectivity index (χ0n) is 19.5. The molecule has 1 aliphatic carbocycles. The van der Waals surface area contributed by atoms with Crippen molar-refractivity contribution in [1.29, 1.82) is 0 Å². The van der Waals surface area contributed by atoms with Crippen LogP contribution in [0.15, 0.2) is 66.7 Å². The van der Waals surface area contributed by atoms with Gasteiger partial charge >= 0.3 is 6.03 Å². The van der Waals surface area contributed by atoms with Gasteiger partial charge in [-0.2, -0.15) is 0 Å². The minimum atomic E-state index is -0.313. The standard InChI is InChI=1S/C28H30Cl2FN3O/c29-23-15-24(30)17-27(16-23)34-28(35)33-18-22(12-13-32-26-6-1-2-7-26)21-5-3-4-20(14-21)19-8-10-25(31)11-9-19/h3-5,8-11,14-17,22,26,32H,1-2,6-7,12-13,18H2,(H2,33,34,35). The van der Waals surface area contributed by atoms with Crippen molar-refractivity contribution in [2.24, 2.45) is 0 Å². The Bertz CT molecular complexity index is 1110. The van der Waals surface area contributed by atoms with Crippen LogP contribution in [0.1, 0.15) is 43.6 Å². The molecule has 4 nitrogen and oxygen atoms in total. The molecule has 2 amide bonds. The molecule has 1 fully saturated rings. The Balaban J connectivity index is 1.44. The summed E-state index contributed by atoms with van der Waals surface area (Å²) in [5.41, 5.74) is 3.65. The predicted octanol–water partition coefficient (Wildman–Crippen LogP) is 7.63. The Hall–Kier alpha value is -2.60. The van der Waals surface area contributed by atoms with Crippen LogP contribution in [0.2, 0.25) is 10.0 Å². The first kappa shape index (κ1) is 25.5. The van der Waals surface area contributed by atoms with E-state index >= 15 is 0 Å². The van der Waals surface area contributed by atoms with Crippen LogP contribution in [0, 0.1) is 5.82 Å². The molecule has 1 atom stereocenters. The number of hydrogen-bond acceptors (Lipinski definition) is 2. The highest BCUT2D eigenvalue weighted by molar-refractivity contribution is 6.35. The van der Waals surface area contributed by atoms with Gasteiger partial charge in [0.25, 0.3) is 0 Å². The molecule has 0 aromatic heterocycles. The van der Waals surface area contributed by atoms with E-state index in [0.29, 0.717) is 28.3 Å². The van der Waals surface area contributed by atoms with Gasteiger partial charge < -0.3 is 16.0 Å². The van der Waals surface area contributed by atoms with Crippen LogP contribution in [0.5, 0.6) is 0 Å². The van der Waals surface area contributed by atoms with Gasteiger partial charge in [-0.1, -0.05) is 72.4 Å². The molecule has 7 heteroatoms. The molecule has 3 aromatic rings. The second kappa shape index (κ2) is 12.4. The van der Waals surface area contributed by atoms with Gasteiger partial charge in [-0.15, -0.1) is 0 Å². The smallest absolute Gasteiger partial charge is 0.319 e. The SMILES string of the molecule is O=C(NCC(CCNC1CCCC1)c1cccc(-c2ccc(F)cc2)c1)Nc1cc(Cl)cc(Cl)c1. The highest BCUT2D eigenvalue weighted by Gasteiger charge is 2.17. The summed E-state index contributed by atoms with van der Waals surface area (Å²) in [5.74, 6) is -0.144. The Kier molecular flexibility index (Phi) is 9.02. The number of rotatable bonds is 9. The molecule has 1 unspecified atom stereocenters. The van der Waals surface area contributed by atoms with Crippen molar-refractivity contribution in [3.8, 4) is 11.1 Å². The van der Waals surface area contributed by atoms with E-state index in [2.05, 4.69) is 28.1 Å². The van der Waals surface area contributed by atoms with E-state index in [4.69, 9.17) is 23.2 Å². The lowest BCUT2D eigenvalue weighted by Gasteiger charge is -2.21. The Morgan fingerprint density at radius 3 is 2.37 bits per heavy atom. The maximum Gasteiger partial charge on any atom is 0.319 e. The van der Waals surface area contributed by atoms with E-state index in [1.165, 1.54) is 37.8 Å². The number of halogens is 3. The van der Waals surface area contributed by atoms with Gasteiger partial charge in [0.15, 0.2) is 0 Å². The summed E-state index contributed by atoms with van der Waals surface area (Å²) >= 11 is 12.1. The molecular weight excluding hydrogens is 484 g/mol. The molecule has 35 heavy (non-hydrogen) atoms. The second-order valence-electron chi connectivity index (χ2n) is 9.05. The van der Waals surface area contributed by atoms with Crippen LogP contribution in [0.4, 0.5) is 14.9 Å². The minimum Gasteiger partial charge on any atom is -0.337 e. The third-order valence-corrected chi connectivity index (χ3v) is 6.88. The van der Waals surface area contributed by atoms with Gasteiger partial charge in [-0.25, -0.2) is 9.18 Å². The van der Waals surface area contributed by atoms with Crippen LogP contribution in [0.3, 0.4) is 0 Å². The number of amides is 2. The number of hydrogen-bond donors (Lipinski definition) is 3. The molecule has 0 aliphatic heterocycles. The van der Waals surface area contributed by atoms with Crippen molar-refractivity contribution < 1.29 is 9.18 Å². The van der Waals surface area contributed by atoms with Gasteiger partial charge in [0.05, 0.1) is 0 Å². The van der Waals surface area contributed by atoms with Gasteiger partial charge in [-0.3, -0.25) is 0 Å². The number of nitrogens with one attached hydrogen (secondary N) is 3. The van der Waals surface area contributed by atoms with E-state index in [1.807, 2.05) is 12.1 Å². The molecule has 0 radical (unpaired) electrons. The highest BCUT2D eigenvalue weighted by atomic mass is 35.5. The zero-order chi connectivity index (χ0) is 24.6. The fraction of sp³-hybridized carbons (Fsp3) is 0.321. The summed E-state index contributed by atoms with van der Waals surface area (Å²) in [5, 5.41) is 10.4. The molecule has 0 heterocycles. The highest BCUT2D eigenvalue weighted by Crippen LogP contribution is 2.27. The molecule has 184 valence electrons. The fourth-order valence-corrected chi connectivity index (χ4v) is 5.14. The normalized spacial score (nSPS) is 14.6. The van der Waals surface area contributed by atoms with Gasteiger partial charge in [-0.05, 0) is 72.8 Å². The zero-order valence-corrected chi connectivity index (χ0v) is 21.0. The van der Waals surface area contributed by atoms with Crippen LogP contribution < -0.4 is 16.0 Å². The van der Waals surface area contributed by atoms with Gasteiger partial charge in [0.1, 0.15) is 5.82 Å². The number of carbonyl (C=O) groups is 1. The average Bonchev–Trinajstić information content (AvgIpc) is 3.35. The molecule has 3 N–H and O–H groups in total. The number of carbonyl (C=O) groups excluding carboxylic acids is 1. The van der Waals surface area contributed by atoms with Crippen LogP contribution >= 0.6 is 23.2 Å². The monoisotopic (exact) mass is 513 g/mol. The minimum absolute atomic E-state index is 0.109. The van der Waals surface area contributed by atoms with Crippen molar-refractivity contribution in [1.82, 2.24) is 10.6 Å². The average molecular weight is 514 g/mol. The lowest BCUT2D eigenvalue weighted by Crippen LogP contribution is -2.34. The third-order valence-electron chi connectivity index (χ3n) is 6.45. The van der Waals surface area contributed by atoms with Crippen LogP contribution in [0.25, 0.3) is 11.1 Å². The quantitative estimate of drug-likeness (QED) is 0.275. The maximum absolute atomic E-state index is 13.4. The van der Waals surface area contributed by atoms with Gasteiger partial charge in [0.2, 0.25) is 0 Å². The second-order valence-corrected chi connectivity index (χ2v) is 9.92. The van der Waals surface area contributed by atoms with E-state index in [9.17, 15) is 9.18 Å². The van der Waals surface area contributed by atoms with E-state index in [-0.39, 0.29) is 17.8 Å². The molecule has 1 aliphatic rings. The van der Waals surface area contributed by atoms with Crippen LogP contribution in [-0.2, 0) is 0 Å². The van der Waals surface area contributed by atoms with E-state index in [1.54, 1.807) is 30.3 Å². The lowest BCUT2D eigenvalue weighted by atomic mass is 9.92. The molecule has 0 spiro atoms. The van der Waals surface area contributed by atoms with Gasteiger partial charge in [0, 0.05) is 34.2 Å². The first-order valence-corrected chi connectivity index (χ1v) is 12.8. The maximum atomic E-state index is 13.4. The molecule has 0 saturated heterocycles. The van der Waals surface area contributed by atoms with Crippen molar-refractivity contribution in [3.05, 3.63) is 88.2 Å². The first-order valence-electron chi connectivity index (χ1n) is 12.1. The van der Waals surface area contributed by atoms with Crippen molar-refractivity contribution >= 4 is 34.9 Å². The van der Waals surface area contributed by atoms with Crippen molar-refractivity contribution in [3.63, 3.8) is 0 Å². The van der Waals surface area contributed by atoms with E-state index < -0.39 is 0 Å². The first-order chi connectivity index (χ1) is 17.0. The summed E-state index contributed by atoms with van der Waals surface area (Å²) < 4.78 is 13.4. The summed E-state index contributed by atoms with van der Waals surface area (Å²) in [4.78, 5) is 12.6. The Labute approximate surface area is 216 Å². The summed E-state index contributed by atoms with van der Waals surface area (Å²) in [7, 11) is 0. The third kappa shape index (κ3) is 7.69. The number of anilines is 1. The number of benzene rings is 3. The molecule has 3 aromatic carbocycles. The molecule has 4 rings (SSSR count). The van der Waals surface area contributed by atoms with Crippen LogP contribution in [-0.4, -0.2) is 25.2 Å². The predicted molar refractivity (Wildman–Crippen MR) is 143 cm³/mol. The Morgan fingerprint density at radius 2 is 1.66 bits per heavy atom. The number of urea groups is 1. The fourth-order valence-electron chi connectivity index (χ4n) is 4.61. The molecule has 0 bridgehead atoms. The van der Waals surface area contributed by atoms with Crippen molar-refractivity contribution in [2.75, 3.05) is 18.4 Å².